The van der Waals surface area contributed by atoms with Crippen molar-refractivity contribution in [1.82, 2.24) is 15.2 Å². The Morgan fingerprint density at radius 2 is 1.93 bits per heavy atom. The van der Waals surface area contributed by atoms with Crippen LogP contribution in [0.4, 0.5) is 5.82 Å². The molecule has 0 atom stereocenters. The number of halogens is 1. The normalized spacial score (nSPS) is 18.2. The maximum absolute atomic E-state index is 5.44. The number of guanidine groups is 1. The Balaban J connectivity index is 0.00000225. The minimum absolute atomic E-state index is 0. The van der Waals surface area contributed by atoms with E-state index < -0.39 is 0 Å². The molecule has 0 unspecified atom stereocenters. The number of hydrogen-bond donors (Lipinski definition) is 1. The van der Waals surface area contributed by atoms with Gasteiger partial charge in [-0.1, -0.05) is 18.9 Å². The van der Waals surface area contributed by atoms with Crippen molar-refractivity contribution in [3.63, 3.8) is 0 Å². The lowest BCUT2D eigenvalue weighted by Crippen LogP contribution is -2.54. The van der Waals surface area contributed by atoms with Gasteiger partial charge in [-0.2, -0.15) is 0 Å². The molecule has 0 spiro atoms. The highest BCUT2D eigenvalue weighted by Gasteiger charge is 2.23. The molecule has 1 saturated carbocycles. The lowest BCUT2D eigenvalue weighted by atomic mass is 10.2. The van der Waals surface area contributed by atoms with Gasteiger partial charge in [0.05, 0.1) is 6.26 Å². The molecule has 1 aliphatic carbocycles. The van der Waals surface area contributed by atoms with Gasteiger partial charge in [-0.3, -0.25) is 4.99 Å². The molecule has 1 saturated heterocycles. The number of nitrogens with zero attached hydrogens (tertiary/aromatic N) is 4. The van der Waals surface area contributed by atoms with Gasteiger partial charge in [-0.25, -0.2) is 4.98 Å². The second-order valence-corrected chi connectivity index (χ2v) is 7.32. The van der Waals surface area contributed by atoms with Crippen LogP contribution in [0.1, 0.15) is 31.4 Å². The highest BCUT2D eigenvalue weighted by atomic mass is 127. The molecule has 1 aliphatic heterocycles. The van der Waals surface area contributed by atoms with E-state index in [4.69, 9.17) is 9.41 Å². The standard InChI is InChI=1S/C21H29N5O.HI/c1-2-7-18(6-1)24-21(23-12-10-19-8-5-17-27-19)26-15-13-25(14-16-26)20-9-3-4-11-22-20;/h3-5,8-9,11,17-18H,1-2,6-7,10,12-16H2,(H,23,24);1H. The second kappa shape index (κ2) is 10.7. The Hall–Kier alpha value is -1.77. The number of rotatable bonds is 5. The van der Waals surface area contributed by atoms with Crippen LogP contribution in [0.25, 0.3) is 0 Å². The van der Waals surface area contributed by atoms with E-state index in [0.29, 0.717) is 6.04 Å². The van der Waals surface area contributed by atoms with Gasteiger partial charge in [-0.15, -0.1) is 24.0 Å². The van der Waals surface area contributed by atoms with Crippen LogP contribution in [0.3, 0.4) is 0 Å². The highest BCUT2D eigenvalue weighted by Crippen LogP contribution is 2.19. The predicted octanol–water partition coefficient (Wildman–Crippen LogP) is 3.55. The maximum Gasteiger partial charge on any atom is 0.194 e. The number of anilines is 1. The van der Waals surface area contributed by atoms with Crippen LogP contribution in [-0.4, -0.2) is 54.6 Å². The van der Waals surface area contributed by atoms with E-state index in [9.17, 15) is 0 Å². The van der Waals surface area contributed by atoms with Crippen molar-refractivity contribution >= 4 is 35.8 Å². The quantitative estimate of drug-likeness (QED) is 0.391. The highest BCUT2D eigenvalue weighted by molar-refractivity contribution is 14.0. The van der Waals surface area contributed by atoms with Crippen molar-refractivity contribution in [2.45, 2.75) is 38.1 Å². The number of furan rings is 1. The summed E-state index contributed by atoms with van der Waals surface area (Å²) in [7, 11) is 0. The summed E-state index contributed by atoms with van der Waals surface area (Å²) in [5.41, 5.74) is 0. The Morgan fingerprint density at radius 1 is 1.11 bits per heavy atom. The first-order chi connectivity index (χ1) is 13.4. The maximum atomic E-state index is 5.44. The number of aromatic nitrogens is 1. The van der Waals surface area contributed by atoms with E-state index in [1.807, 2.05) is 24.4 Å². The van der Waals surface area contributed by atoms with Crippen molar-refractivity contribution < 1.29 is 4.42 Å². The van der Waals surface area contributed by atoms with Crippen molar-refractivity contribution in [2.24, 2.45) is 4.99 Å². The van der Waals surface area contributed by atoms with Crippen LogP contribution in [-0.2, 0) is 6.42 Å². The van der Waals surface area contributed by atoms with Crippen LogP contribution >= 0.6 is 24.0 Å². The van der Waals surface area contributed by atoms with E-state index >= 15 is 0 Å². The number of piperazine rings is 1. The van der Waals surface area contributed by atoms with Gasteiger partial charge in [0.15, 0.2) is 5.96 Å². The van der Waals surface area contributed by atoms with E-state index in [0.717, 1.165) is 56.7 Å². The number of hydrogen-bond acceptors (Lipinski definition) is 4. The summed E-state index contributed by atoms with van der Waals surface area (Å²) in [6.45, 7) is 4.63. The summed E-state index contributed by atoms with van der Waals surface area (Å²) in [5, 5.41) is 3.73. The predicted molar refractivity (Wildman–Crippen MR) is 124 cm³/mol. The van der Waals surface area contributed by atoms with Gasteiger partial charge >= 0.3 is 0 Å². The zero-order valence-corrected chi connectivity index (χ0v) is 18.6. The molecule has 4 rings (SSSR count). The number of nitrogens with one attached hydrogen (secondary N) is 1. The molecule has 6 nitrogen and oxygen atoms in total. The van der Waals surface area contributed by atoms with Crippen LogP contribution in [0, 0.1) is 0 Å². The van der Waals surface area contributed by atoms with Gasteiger partial charge < -0.3 is 19.5 Å². The van der Waals surface area contributed by atoms with E-state index in [-0.39, 0.29) is 24.0 Å². The van der Waals surface area contributed by atoms with Crippen molar-refractivity contribution in [1.29, 1.82) is 0 Å². The summed E-state index contributed by atoms with van der Waals surface area (Å²) in [6.07, 6.45) is 9.60. The monoisotopic (exact) mass is 495 g/mol. The Morgan fingerprint density at radius 3 is 2.61 bits per heavy atom. The lowest BCUT2D eigenvalue weighted by molar-refractivity contribution is 0.364. The first kappa shape index (κ1) is 21.0. The topological polar surface area (TPSA) is 56.9 Å². The van der Waals surface area contributed by atoms with Crippen molar-refractivity contribution in [2.75, 3.05) is 37.6 Å². The van der Waals surface area contributed by atoms with Gasteiger partial charge in [0, 0.05) is 51.4 Å². The molecule has 0 amide bonds. The molecule has 152 valence electrons. The van der Waals surface area contributed by atoms with Gasteiger partial charge in [0.1, 0.15) is 11.6 Å². The third kappa shape index (κ3) is 5.62. The molecule has 2 aliphatic rings. The first-order valence-corrected chi connectivity index (χ1v) is 10.1. The molecule has 0 bridgehead atoms. The minimum atomic E-state index is 0. The fraction of sp³-hybridized carbons (Fsp3) is 0.524. The molecule has 0 radical (unpaired) electrons. The molecule has 2 fully saturated rings. The number of pyridine rings is 1. The summed E-state index contributed by atoms with van der Waals surface area (Å²) in [4.78, 5) is 14.2. The summed E-state index contributed by atoms with van der Waals surface area (Å²) < 4.78 is 5.44. The zero-order chi connectivity index (χ0) is 18.3. The largest absolute Gasteiger partial charge is 0.469 e. The molecule has 0 aromatic carbocycles. The summed E-state index contributed by atoms with van der Waals surface area (Å²) in [5.74, 6) is 3.13. The molecule has 7 heteroatoms. The van der Waals surface area contributed by atoms with E-state index in [1.165, 1.54) is 25.7 Å². The average molecular weight is 495 g/mol. The molecule has 1 N–H and O–H groups in total. The average Bonchev–Trinajstić information content (AvgIpc) is 3.42. The zero-order valence-electron chi connectivity index (χ0n) is 16.3. The van der Waals surface area contributed by atoms with Gasteiger partial charge in [0.25, 0.3) is 0 Å². The van der Waals surface area contributed by atoms with Crippen LogP contribution in [0.15, 0.2) is 52.2 Å². The lowest BCUT2D eigenvalue weighted by Gasteiger charge is -2.37. The summed E-state index contributed by atoms with van der Waals surface area (Å²) >= 11 is 0. The fourth-order valence-corrected chi connectivity index (χ4v) is 3.90. The third-order valence-corrected chi connectivity index (χ3v) is 5.44. The minimum Gasteiger partial charge on any atom is -0.469 e. The molecule has 28 heavy (non-hydrogen) atoms. The van der Waals surface area contributed by atoms with Gasteiger partial charge in [-0.05, 0) is 37.1 Å². The first-order valence-electron chi connectivity index (χ1n) is 10.1. The Labute approximate surface area is 184 Å². The van der Waals surface area contributed by atoms with Crippen molar-refractivity contribution in [3.05, 3.63) is 48.6 Å². The SMILES string of the molecule is I.c1ccc(N2CCN(C(=NCCc3ccco3)NC3CCCC3)CC2)nc1. The van der Waals surface area contributed by atoms with Crippen LogP contribution in [0.5, 0.6) is 0 Å². The van der Waals surface area contributed by atoms with E-state index in [2.05, 4.69) is 32.2 Å². The molecular weight excluding hydrogens is 465 g/mol. The van der Waals surface area contributed by atoms with Crippen LogP contribution in [0.2, 0.25) is 0 Å². The molecular formula is C21H30IN5O. The Bertz CT molecular complexity index is 708. The number of aliphatic imine (C=N–C) groups is 1. The smallest absolute Gasteiger partial charge is 0.194 e. The van der Waals surface area contributed by atoms with Crippen LogP contribution < -0.4 is 10.2 Å². The third-order valence-electron chi connectivity index (χ3n) is 5.44. The summed E-state index contributed by atoms with van der Waals surface area (Å²) in [6, 6.07) is 10.6. The van der Waals surface area contributed by atoms with Gasteiger partial charge in [0.2, 0.25) is 0 Å². The molecule has 3 heterocycles. The van der Waals surface area contributed by atoms with E-state index in [1.54, 1.807) is 6.26 Å². The molecule has 2 aromatic rings. The molecule has 2 aromatic heterocycles. The Kier molecular flexibility index (Phi) is 8.00. The van der Waals surface area contributed by atoms with Crippen molar-refractivity contribution in [3.8, 4) is 0 Å². The second-order valence-electron chi connectivity index (χ2n) is 7.32. The fourth-order valence-electron chi connectivity index (χ4n) is 3.90.